The molecule has 0 unspecified atom stereocenters. The van der Waals surface area contributed by atoms with Gasteiger partial charge in [0.1, 0.15) is 22.4 Å². The molecule has 7 aromatic rings. The molecule has 8 heterocycles. The maximum absolute atomic E-state index is 12.1. The Morgan fingerprint density at radius 3 is 1.09 bits per heavy atom. The van der Waals surface area contributed by atoms with Crippen LogP contribution in [0.5, 0.6) is 40.8 Å². The maximum Gasteiger partial charge on any atom is 0.496 e. The Kier molecular flexibility index (Phi) is 44.7. The molecule has 35 heteroatoms. The number of pyridine rings is 3. The van der Waals surface area contributed by atoms with Crippen LogP contribution < -0.4 is 38.6 Å². The number of aromatic nitrogens is 11. The van der Waals surface area contributed by atoms with E-state index in [1.54, 1.807) is 65.0 Å². The number of ether oxygens (including phenoxy) is 9. The number of halogens is 2. The Labute approximate surface area is 778 Å². The molecule has 1 N–H and O–H groups in total. The molecule has 0 radical (unpaired) electrons. The maximum atomic E-state index is 12.1. The Morgan fingerprint density at radius 1 is 0.431 bits per heavy atom. The van der Waals surface area contributed by atoms with Crippen LogP contribution in [0.4, 0.5) is 0 Å². The number of methoxy groups -OCH3 is 3. The summed E-state index contributed by atoms with van der Waals surface area (Å²) in [5.74, 6) is 8.13. The Hall–Kier alpha value is -6.56. The third-order valence-corrected chi connectivity index (χ3v) is 24.7. The Bertz CT molecular complexity index is 4390. The number of carbonyl (C=O) groups excluding carboxylic acids is 2. The van der Waals surface area contributed by atoms with Gasteiger partial charge in [0.05, 0.1) is 142 Å². The lowest BCUT2D eigenvalue weighted by molar-refractivity contribution is -0.145. The summed E-state index contributed by atoms with van der Waals surface area (Å²) < 4.78 is 61.8. The number of nitrogens with zero attached hydrogens (tertiary/aromatic N) is 11. The summed E-state index contributed by atoms with van der Waals surface area (Å²) in [6.07, 6.45) is 28.7. The zero-order chi connectivity index (χ0) is 83.3. The molecule has 1 saturated heterocycles. The molecule has 1 aliphatic heterocycles. The van der Waals surface area contributed by atoms with Crippen molar-refractivity contribution in [3.63, 3.8) is 0 Å². The average Bonchev–Trinajstić information content (AvgIpc) is 1.64. The smallest absolute Gasteiger partial charge is 0.495 e. The van der Waals surface area contributed by atoms with E-state index < -0.39 is 13.1 Å². The van der Waals surface area contributed by atoms with E-state index in [2.05, 4.69) is 73.5 Å². The van der Waals surface area contributed by atoms with E-state index in [-0.39, 0.29) is 140 Å². The first-order valence-electron chi connectivity index (χ1n) is 42.0. The summed E-state index contributed by atoms with van der Waals surface area (Å²) in [6.45, 7) is 24.7. The number of hydrogen-bond acceptors (Lipinski definition) is 25. The predicted molar refractivity (Wildman–Crippen MR) is 506 cm³/mol. The van der Waals surface area contributed by atoms with Crippen LogP contribution in [0.3, 0.4) is 0 Å². The van der Waals surface area contributed by atoms with Gasteiger partial charge in [-0.05, 0) is 196 Å². The lowest BCUT2D eigenvalue weighted by Crippen LogP contribution is -2.41. The van der Waals surface area contributed by atoms with Gasteiger partial charge in [-0.1, -0.05) is 102 Å². The zero-order valence-electron chi connectivity index (χ0n) is 73.3. The Morgan fingerprint density at radius 2 is 0.748 bits per heavy atom. The van der Waals surface area contributed by atoms with Crippen molar-refractivity contribution in [2.75, 3.05) is 61.0 Å². The summed E-state index contributed by atoms with van der Waals surface area (Å²) >= 11 is 11.7. The van der Waals surface area contributed by atoms with Crippen molar-refractivity contribution in [2.45, 2.75) is 220 Å². The standard InChI is InChI=1S/C24H31N3O4.C22H27N3O4.C18H29BN2O3.C12H17ClN2O.C12H14ClNO3.6H2S/c1-4-30-24(28)19-12-18(19)23-21(29-3)10-9-20(26-23)17-11-22(27-25-13-17)31-14-16-7-5-15(2)6-8-16;1-13-3-5-14(6-4-13)12-29-20-9-15(11-23-25-20)18-7-8-19(28-2)21(24-18)16-10-17(16)22(26)27;1-13-6-8-14(9-7-13)12-22-16-10-15(11-20-21-16)19-23-17(2,3)18(4,5)24-19;1-9-2-4-10(5-3-9)8-16-12-6-11(13)7-14-15-12;1-3-17-12(15)8-6-7(8)11-9(16-2)4-5-10(13)14-11;;;;;;/h9-11,13,15-16,18-19H,4-8,12,14H2,1-3H3;7-9,11,13-14,16-17H,3-6,10,12H2,1-2H3,(H,26,27);10-11,13-14H,6-9,12H2,1-5H3;6-7,9-10H,2-5,8H2,1H3;4-5,7-8H,3,6H2,1-2H3;6*1H2/t15?,16?,18-,19-;13?,14?,16-,17-;;;7-,8-;;;;;;/m00..0....../s1. The van der Waals surface area contributed by atoms with E-state index >= 15 is 0 Å². The molecule has 680 valence electrons. The molecule has 6 atom stereocenters. The quantitative estimate of drug-likeness (QED) is 0.0299. The lowest BCUT2D eigenvalue weighted by atomic mass is 9.80. The van der Waals surface area contributed by atoms with Crippen LogP contribution in [-0.2, 0) is 33.2 Å². The van der Waals surface area contributed by atoms with Crippen molar-refractivity contribution >= 4 is 135 Å². The molecule has 7 aliphatic carbocycles. The number of aliphatic carboxylic acids is 1. The van der Waals surface area contributed by atoms with Gasteiger partial charge in [-0.2, -0.15) is 101 Å². The molecule has 0 bridgehead atoms. The van der Waals surface area contributed by atoms with Crippen molar-refractivity contribution in [2.24, 2.45) is 65.1 Å². The van der Waals surface area contributed by atoms with Crippen molar-refractivity contribution in [1.82, 2.24) is 55.7 Å². The van der Waals surface area contributed by atoms with Gasteiger partial charge in [0.2, 0.25) is 23.5 Å². The highest BCUT2D eigenvalue weighted by molar-refractivity contribution is 7.60. The van der Waals surface area contributed by atoms with Crippen LogP contribution in [0, 0.1) is 65.1 Å². The van der Waals surface area contributed by atoms with E-state index in [0.717, 1.165) is 76.8 Å². The molecular weight excluding hydrogens is 1730 g/mol. The van der Waals surface area contributed by atoms with Gasteiger partial charge in [-0.3, -0.25) is 14.4 Å². The normalized spacial score (nSPS) is 24.4. The molecule has 7 saturated carbocycles. The average molecular weight is 1860 g/mol. The van der Waals surface area contributed by atoms with Gasteiger partial charge in [0, 0.05) is 64.8 Å². The summed E-state index contributed by atoms with van der Waals surface area (Å²) in [5.41, 5.74) is 5.46. The highest BCUT2D eigenvalue weighted by Gasteiger charge is 2.53. The fourth-order valence-electron chi connectivity index (χ4n) is 15.6. The van der Waals surface area contributed by atoms with E-state index in [1.165, 1.54) is 109 Å². The van der Waals surface area contributed by atoms with Crippen LogP contribution >= 0.6 is 104 Å². The fourth-order valence-corrected chi connectivity index (χ4v) is 15.9. The fraction of sp³-hybridized carbons (Fsp3) is 0.614. The van der Waals surface area contributed by atoms with Crippen LogP contribution in [0.1, 0.15) is 226 Å². The minimum atomic E-state index is -0.789. The SMILES string of the molecule is CC1CCC(COc2cc(B3OC(C)(C)C(C)(C)O3)cnn2)CC1.CC1CCC(COc2cc(Cl)cnn2)CC1.CCOC(=O)[C@H]1C[C@@H]1c1nc(-c2cnnc(OCC3CCC(C)CC3)c2)ccc1OC.CCOC(=O)[C@H]1C[C@@H]1c1nc(Cl)ccc1OC.COc1ccc(-c2cnnc(OCC3CCC(C)CC3)c2)nc1[C@H]1C[C@@H]1C(=O)O.S.S.S.S.S.S. The summed E-state index contributed by atoms with van der Waals surface area (Å²) in [7, 11) is 4.34. The molecular formula is C88H130BCl2N11O15S6. The van der Waals surface area contributed by atoms with Crippen molar-refractivity contribution < 1.29 is 71.4 Å². The van der Waals surface area contributed by atoms with Crippen LogP contribution in [-0.4, -0.2) is 158 Å². The van der Waals surface area contributed by atoms with Crippen molar-refractivity contribution in [3.8, 4) is 63.3 Å². The topological polar surface area (TPSA) is 315 Å². The zero-order valence-corrected chi connectivity index (χ0v) is 80.8. The third kappa shape index (κ3) is 31.4. The molecule has 26 nitrogen and oxygen atoms in total. The van der Waals surface area contributed by atoms with E-state index in [0.29, 0.717) is 125 Å². The van der Waals surface area contributed by atoms with Gasteiger partial charge >= 0.3 is 25.0 Å². The van der Waals surface area contributed by atoms with Crippen molar-refractivity contribution in [3.05, 3.63) is 113 Å². The molecule has 15 rings (SSSR count). The first kappa shape index (κ1) is 107. The second-order valence-corrected chi connectivity index (χ2v) is 34.7. The van der Waals surface area contributed by atoms with Gasteiger partial charge in [-0.15, -0.1) is 20.4 Å². The molecule has 0 aromatic carbocycles. The van der Waals surface area contributed by atoms with Crippen LogP contribution in [0.15, 0.2) is 85.5 Å². The lowest BCUT2D eigenvalue weighted by Gasteiger charge is -2.32. The number of carbonyl (C=O) groups is 3. The third-order valence-electron chi connectivity index (χ3n) is 24.2. The summed E-state index contributed by atoms with van der Waals surface area (Å²) in [4.78, 5) is 48.6. The molecule has 0 amide bonds. The number of esters is 2. The van der Waals surface area contributed by atoms with Crippen molar-refractivity contribution in [1.29, 1.82) is 0 Å². The molecule has 123 heavy (non-hydrogen) atoms. The van der Waals surface area contributed by atoms with Crippen LogP contribution in [0.2, 0.25) is 10.2 Å². The second kappa shape index (κ2) is 51.4. The van der Waals surface area contributed by atoms with Gasteiger partial charge in [0.15, 0.2) is 0 Å². The summed E-state index contributed by atoms with van der Waals surface area (Å²) in [6, 6.07) is 18.2. The highest BCUT2D eigenvalue weighted by Crippen LogP contribution is 2.53. The molecule has 8 fully saturated rings. The van der Waals surface area contributed by atoms with Crippen LogP contribution in [0.25, 0.3) is 22.5 Å². The highest BCUT2D eigenvalue weighted by atomic mass is 35.5. The Balaban J connectivity index is 0.000000275. The monoisotopic (exact) mass is 1850 g/mol. The second-order valence-electron chi connectivity index (χ2n) is 33.9. The summed E-state index contributed by atoms with van der Waals surface area (Å²) in [5, 5.41) is 42.5. The first-order valence-corrected chi connectivity index (χ1v) is 42.8. The molecule has 0 spiro atoms. The predicted octanol–water partition coefficient (Wildman–Crippen LogP) is 17.8. The van der Waals surface area contributed by atoms with Gasteiger partial charge in [-0.25, -0.2) is 15.0 Å². The number of carboxylic acid groups (broad SMARTS) is 1. The van der Waals surface area contributed by atoms with E-state index in [9.17, 15) is 19.5 Å². The minimum absolute atomic E-state index is 0. The number of hydrogen-bond donors (Lipinski definition) is 1. The largest absolute Gasteiger partial charge is 0.496 e. The van der Waals surface area contributed by atoms with Gasteiger partial charge < -0.3 is 57.0 Å². The van der Waals surface area contributed by atoms with E-state index in [4.69, 9.17) is 85.1 Å². The minimum Gasteiger partial charge on any atom is -0.495 e. The van der Waals surface area contributed by atoms with Gasteiger partial charge in [0.25, 0.3) is 0 Å². The first-order chi connectivity index (χ1) is 56.3. The number of carboxylic acids is 1. The molecule has 7 aromatic heterocycles. The van der Waals surface area contributed by atoms with E-state index in [1.807, 2.05) is 77.1 Å². The molecule has 8 aliphatic rings. The number of rotatable bonds is 26.